The second kappa shape index (κ2) is 8.24. The Morgan fingerprint density at radius 1 is 1.50 bits per heavy atom. The lowest BCUT2D eigenvalue weighted by Crippen LogP contribution is -2.71. The molecule has 1 aromatic rings. The molecule has 0 radical (unpaired) electrons. The summed E-state index contributed by atoms with van der Waals surface area (Å²) in [5.41, 5.74) is 6.12. The zero-order valence-electron chi connectivity index (χ0n) is 15.9. The number of nitrogens with one attached hydrogen (secondary N) is 1. The standard InChI is InChI=1S/C17H19N5O6S2/c1-27-21-10(9-5-19-17(18)30-9)13(23)20-11-14(24)22-12(16(25)26)7(6-29-15(11)22)8-3-2-4-28-8/h5,8,11,15H,2-4,6H2,1H3,(H2,18,19)(H,20,23)(H,25,26)/b21-10+/t8-,11+,15+/m0/s1. The third-order valence-corrected chi connectivity index (χ3v) is 7.10. The van der Waals surface area contributed by atoms with Crippen LogP contribution in [-0.4, -0.2) is 75.5 Å². The van der Waals surface area contributed by atoms with Gasteiger partial charge >= 0.3 is 5.97 Å². The summed E-state index contributed by atoms with van der Waals surface area (Å²) in [6, 6.07) is -0.879. The van der Waals surface area contributed by atoms with Crippen LogP contribution in [0.4, 0.5) is 5.13 Å². The first-order valence-electron chi connectivity index (χ1n) is 9.08. The van der Waals surface area contributed by atoms with Crippen molar-refractivity contribution in [3.63, 3.8) is 0 Å². The molecule has 4 heterocycles. The van der Waals surface area contributed by atoms with Crippen LogP contribution in [0.15, 0.2) is 22.6 Å². The molecule has 0 spiro atoms. The lowest BCUT2D eigenvalue weighted by atomic mass is 9.99. The topological polar surface area (TPSA) is 156 Å². The number of ether oxygens (including phenoxy) is 1. The van der Waals surface area contributed by atoms with Gasteiger partial charge in [-0.15, -0.1) is 11.8 Å². The molecule has 2 fully saturated rings. The number of anilines is 1. The molecule has 160 valence electrons. The molecular weight excluding hydrogens is 434 g/mol. The molecule has 11 nitrogen and oxygen atoms in total. The Labute approximate surface area is 179 Å². The van der Waals surface area contributed by atoms with E-state index in [9.17, 15) is 19.5 Å². The molecule has 4 N–H and O–H groups in total. The number of hydrogen-bond acceptors (Lipinski definition) is 10. The van der Waals surface area contributed by atoms with Gasteiger partial charge in [0.1, 0.15) is 24.2 Å². The summed E-state index contributed by atoms with van der Waals surface area (Å²) in [7, 11) is 1.29. The van der Waals surface area contributed by atoms with Gasteiger partial charge in [-0.2, -0.15) is 0 Å². The maximum atomic E-state index is 12.8. The molecule has 3 aliphatic rings. The maximum absolute atomic E-state index is 12.8. The van der Waals surface area contributed by atoms with E-state index in [4.69, 9.17) is 15.3 Å². The molecule has 0 unspecified atom stereocenters. The number of amides is 2. The van der Waals surface area contributed by atoms with Crippen LogP contribution >= 0.6 is 23.1 Å². The van der Waals surface area contributed by atoms with Gasteiger partial charge in [0, 0.05) is 18.6 Å². The lowest BCUT2D eigenvalue weighted by molar-refractivity contribution is -0.150. The van der Waals surface area contributed by atoms with Gasteiger partial charge in [-0.25, -0.2) is 9.78 Å². The fourth-order valence-corrected chi connectivity index (χ4v) is 5.71. The van der Waals surface area contributed by atoms with Gasteiger partial charge in [-0.1, -0.05) is 16.5 Å². The third-order valence-electron chi connectivity index (χ3n) is 4.96. The second-order valence-corrected chi connectivity index (χ2v) is 8.89. The molecule has 1 aromatic heterocycles. The SMILES string of the molecule is CO/N=C(/C(=O)N[C@@H]1C(=O)N2C(C(=O)O)=C([C@@H]3CCCO3)CS[C@H]12)c1cnc(N)s1. The Hall–Kier alpha value is -2.64. The highest BCUT2D eigenvalue weighted by Crippen LogP contribution is 2.42. The Balaban J connectivity index is 1.53. The molecule has 0 bridgehead atoms. The van der Waals surface area contributed by atoms with Crippen molar-refractivity contribution in [1.82, 2.24) is 15.2 Å². The van der Waals surface area contributed by atoms with Crippen molar-refractivity contribution in [3.8, 4) is 0 Å². The van der Waals surface area contributed by atoms with Crippen LogP contribution in [0.3, 0.4) is 0 Å². The van der Waals surface area contributed by atoms with E-state index in [0.29, 0.717) is 22.8 Å². The van der Waals surface area contributed by atoms with Gasteiger partial charge in [0.25, 0.3) is 11.8 Å². The molecular formula is C17H19N5O6S2. The van der Waals surface area contributed by atoms with Gasteiger partial charge in [0.15, 0.2) is 10.8 Å². The minimum absolute atomic E-state index is 0.0397. The number of nitrogens with two attached hydrogens (primary N) is 1. The Morgan fingerprint density at radius 3 is 2.90 bits per heavy atom. The van der Waals surface area contributed by atoms with Crippen LogP contribution in [0, 0.1) is 0 Å². The van der Waals surface area contributed by atoms with E-state index in [-0.39, 0.29) is 22.6 Å². The van der Waals surface area contributed by atoms with E-state index in [1.165, 1.54) is 30.0 Å². The number of carbonyl (C=O) groups is 3. The highest BCUT2D eigenvalue weighted by Gasteiger charge is 2.55. The van der Waals surface area contributed by atoms with E-state index in [1.807, 2.05) is 0 Å². The number of thioether (sulfide) groups is 1. The minimum Gasteiger partial charge on any atom is -0.477 e. The Bertz CT molecular complexity index is 954. The summed E-state index contributed by atoms with van der Waals surface area (Å²) in [5, 5.41) is 15.8. The molecule has 3 atom stereocenters. The summed E-state index contributed by atoms with van der Waals surface area (Å²) in [4.78, 5) is 47.7. The molecule has 3 aliphatic heterocycles. The number of hydrogen-bond donors (Lipinski definition) is 3. The first kappa shape index (κ1) is 20.6. The van der Waals surface area contributed by atoms with Gasteiger partial charge in [-0.05, 0) is 18.4 Å². The quantitative estimate of drug-likeness (QED) is 0.306. The average Bonchev–Trinajstić information content (AvgIpc) is 3.40. The number of carbonyl (C=O) groups excluding carboxylic acids is 2. The number of fused-ring (bicyclic) bond motifs is 1. The van der Waals surface area contributed by atoms with Gasteiger partial charge in [0.2, 0.25) is 0 Å². The van der Waals surface area contributed by atoms with E-state index in [0.717, 1.165) is 24.2 Å². The predicted octanol–water partition coefficient (Wildman–Crippen LogP) is -0.00660. The van der Waals surface area contributed by atoms with Crippen LogP contribution < -0.4 is 11.1 Å². The molecule has 30 heavy (non-hydrogen) atoms. The summed E-state index contributed by atoms with van der Waals surface area (Å²) >= 11 is 2.45. The number of carboxylic acids is 1. The van der Waals surface area contributed by atoms with Crippen molar-refractivity contribution in [2.75, 3.05) is 25.2 Å². The molecule has 13 heteroatoms. The third kappa shape index (κ3) is 3.52. The first-order valence-corrected chi connectivity index (χ1v) is 10.9. The number of carboxylic acid groups (broad SMARTS) is 1. The van der Waals surface area contributed by atoms with Crippen LogP contribution in [0.1, 0.15) is 17.7 Å². The number of rotatable bonds is 6. The number of oxime groups is 1. The summed E-state index contributed by atoms with van der Waals surface area (Å²) in [6.45, 7) is 0.575. The minimum atomic E-state index is -1.18. The van der Waals surface area contributed by atoms with E-state index < -0.39 is 29.2 Å². The molecule has 4 rings (SSSR count). The summed E-state index contributed by atoms with van der Waals surface area (Å²) in [5.74, 6) is -1.89. The van der Waals surface area contributed by atoms with Crippen LogP contribution in [0.5, 0.6) is 0 Å². The number of thiazole rings is 1. The van der Waals surface area contributed by atoms with Crippen LogP contribution in [-0.2, 0) is 24.0 Å². The molecule has 0 saturated carbocycles. The summed E-state index contributed by atoms with van der Waals surface area (Å²) < 4.78 is 5.63. The predicted molar refractivity (Wildman–Crippen MR) is 109 cm³/mol. The maximum Gasteiger partial charge on any atom is 0.352 e. The fourth-order valence-electron chi connectivity index (χ4n) is 3.64. The van der Waals surface area contributed by atoms with Crippen molar-refractivity contribution in [1.29, 1.82) is 0 Å². The van der Waals surface area contributed by atoms with Gasteiger partial charge in [-0.3, -0.25) is 14.5 Å². The van der Waals surface area contributed by atoms with Crippen LogP contribution in [0.25, 0.3) is 0 Å². The number of nitrogen functional groups attached to an aromatic ring is 1. The van der Waals surface area contributed by atoms with Crippen molar-refractivity contribution in [2.24, 2.45) is 5.16 Å². The highest BCUT2D eigenvalue weighted by atomic mass is 32.2. The highest BCUT2D eigenvalue weighted by molar-refractivity contribution is 8.00. The number of β-lactam (4-membered cyclic amide) rings is 1. The molecule has 2 saturated heterocycles. The lowest BCUT2D eigenvalue weighted by Gasteiger charge is -2.49. The number of aromatic nitrogens is 1. The monoisotopic (exact) mass is 453 g/mol. The Kier molecular flexibility index (Phi) is 5.66. The van der Waals surface area contributed by atoms with Gasteiger partial charge < -0.3 is 25.7 Å². The zero-order valence-corrected chi connectivity index (χ0v) is 17.5. The Morgan fingerprint density at radius 2 is 2.30 bits per heavy atom. The molecule has 0 aliphatic carbocycles. The smallest absolute Gasteiger partial charge is 0.352 e. The average molecular weight is 454 g/mol. The van der Waals surface area contributed by atoms with E-state index in [2.05, 4.69) is 15.5 Å². The number of nitrogens with zero attached hydrogens (tertiary/aromatic N) is 3. The van der Waals surface area contributed by atoms with Crippen molar-refractivity contribution < 1.29 is 29.1 Å². The second-order valence-electron chi connectivity index (χ2n) is 6.73. The van der Waals surface area contributed by atoms with Crippen molar-refractivity contribution in [3.05, 3.63) is 22.3 Å². The largest absolute Gasteiger partial charge is 0.477 e. The van der Waals surface area contributed by atoms with E-state index >= 15 is 0 Å². The number of aliphatic carboxylic acids is 1. The van der Waals surface area contributed by atoms with Crippen LogP contribution in [0.2, 0.25) is 0 Å². The summed E-state index contributed by atoms with van der Waals surface area (Å²) in [6.07, 6.45) is 2.68. The van der Waals surface area contributed by atoms with Gasteiger partial charge in [0.05, 0.1) is 11.0 Å². The first-order chi connectivity index (χ1) is 14.4. The molecule has 2 amide bonds. The zero-order chi connectivity index (χ0) is 21.4. The normalized spacial score (nSPS) is 26.3. The van der Waals surface area contributed by atoms with E-state index in [1.54, 1.807) is 0 Å². The molecule has 0 aromatic carbocycles. The van der Waals surface area contributed by atoms with Crippen molar-refractivity contribution in [2.45, 2.75) is 30.4 Å². The fraction of sp³-hybridized carbons (Fsp3) is 0.471. The van der Waals surface area contributed by atoms with Crippen molar-refractivity contribution >= 4 is 51.7 Å².